The number of ether oxygens (including phenoxy) is 1. The lowest BCUT2D eigenvalue weighted by Crippen LogP contribution is -2.49. The summed E-state index contributed by atoms with van der Waals surface area (Å²) < 4.78 is 19.4. The first kappa shape index (κ1) is 12.6. The third-order valence-corrected chi connectivity index (χ3v) is 3.63. The molecule has 3 heterocycles. The van der Waals surface area contributed by atoms with E-state index in [1.54, 1.807) is 6.20 Å². The Labute approximate surface area is 122 Å². The van der Waals surface area contributed by atoms with E-state index < -0.39 is 23.9 Å². The summed E-state index contributed by atoms with van der Waals surface area (Å²) in [5.74, 6) is -1.20. The molecule has 0 aliphatic carbocycles. The summed E-state index contributed by atoms with van der Waals surface area (Å²) in [6.07, 6.45) is 2.16. The Morgan fingerprint density at radius 2 is 2.09 bits per heavy atom. The summed E-state index contributed by atoms with van der Waals surface area (Å²) in [7, 11) is 0. The minimum atomic E-state index is -0.935. The van der Waals surface area contributed by atoms with Gasteiger partial charge >= 0.3 is 12.0 Å². The van der Waals surface area contributed by atoms with E-state index in [0.717, 1.165) is 17.0 Å². The van der Waals surface area contributed by atoms with Crippen molar-refractivity contribution in [3.63, 3.8) is 0 Å². The maximum absolute atomic E-state index is 12.8. The second-order valence-electron chi connectivity index (χ2n) is 4.87. The number of nitrogens with zero attached hydrogens (tertiary/aromatic N) is 2. The van der Waals surface area contributed by atoms with Crippen LogP contribution in [0.4, 0.5) is 9.18 Å². The maximum atomic E-state index is 12.8. The van der Waals surface area contributed by atoms with Crippen LogP contribution in [-0.4, -0.2) is 27.0 Å². The zero-order valence-electron chi connectivity index (χ0n) is 11.0. The molecule has 4 rings (SSSR count). The Morgan fingerprint density at radius 1 is 1.36 bits per heavy atom. The number of aliphatic hydroxyl groups excluding tert-OH is 1. The number of aromatic nitrogens is 2. The molecule has 2 N–H and O–H groups in total. The summed E-state index contributed by atoms with van der Waals surface area (Å²) in [5.41, 5.74) is 0.584. The van der Waals surface area contributed by atoms with E-state index in [4.69, 9.17) is 4.74 Å². The lowest BCUT2D eigenvalue weighted by molar-refractivity contribution is -0.584. The van der Waals surface area contributed by atoms with Gasteiger partial charge in [-0.1, -0.05) is 0 Å². The van der Waals surface area contributed by atoms with E-state index in [1.165, 1.54) is 23.0 Å². The normalized spacial score (nSPS) is 18.9. The van der Waals surface area contributed by atoms with E-state index in [9.17, 15) is 19.1 Å². The van der Waals surface area contributed by atoms with Crippen LogP contribution in [0.1, 0.15) is 11.7 Å². The van der Waals surface area contributed by atoms with Gasteiger partial charge in [-0.3, -0.25) is 4.79 Å². The largest absolute Gasteiger partial charge is 0.506 e. The molecule has 2 aliphatic rings. The molecule has 7 nitrogen and oxygen atoms in total. The molecule has 2 aromatic rings. The van der Waals surface area contributed by atoms with Gasteiger partial charge in [0, 0.05) is 0 Å². The van der Waals surface area contributed by atoms with Gasteiger partial charge < -0.3 is 9.84 Å². The number of benzene rings is 1. The van der Waals surface area contributed by atoms with Gasteiger partial charge in [-0.05, 0) is 24.3 Å². The minimum absolute atomic E-state index is 0.0253. The van der Waals surface area contributed by atoms with Gasteiger partial charge in [0.1, 0.15) is 17.8 Å². The monoisotopic (exact) mass is 302 g/mol. The molecule has 1 unspecified atom stereocenters. The summed E-state index contributed by atoms with van der Waals surface area (Å²) in [6.45, 7) is 0. The summed E-state index contributed by atoms with van der Waals surface area (Å²) in [6, 6.07) is 3.93. The Kier molecular flexibility index (Phi) is 2.38. The summed E-state index contributed by atoms with van der Waals surface area (Å²) in [5, 5.41) is 10.1. The van der Waals surface area contributed by atoms with Crippen molar-refractivity contribution in [3.05, 3.63) is 54.1 Å². The Bertz CT molecular complexity index is 840. The fourth-order valence-corrected chi connectivity index (χ4v) is 2.68. The number of hydrogen-bond acceptors (Lipinski definition) is 4. The summed E-state index contributed by atoms with van der Waals surface area (Å²) in [4.78, 5) is 28.1. The van der Waals surface area contributed by atoms with Crippen molar-refractivity contribution in [2.45, 2.75) is 6.04 Å². The fraction of sp³-hybridized carbons (Fsp3) is 0.0714. The number of hydrogen-bond donors (Lipinski definition) is 2. The first-order valence-corrected chi connectivity index (χ1v) is 6.40. The average molecular weight is 302 g/mol. The van der Waals surface area contributed by atoms with Crippen LogP contribution >= 0.6 is 0 Å². The number of carbonyl (C=O) groups is 2. The molecule has 0 spiro atoms. The van der Waals surface area contributed by atoms with Crippen molar-refractivity contribution in [2.75, 3.05) is 0 Å². The molecule has 8 heteroatoms. The number of fused-ring (bicyclic) bond motifs is 4. The first-order chi connectivity index (χ1) is 10.6. The number of imidazole rings is 1. The third-order valence-electron chi connectivity index (χ3n) is 3.63. The highest BCUT2D eigenvalue weighted by Gasteiger charge is 2.57. The van der Waals surface area contributed by atoms with Crippen molar-refractivity contribution in [3.8, 4) is 5.75 Å². The van der Waals surface area contributed by atoms with Crippen LogP contribution in [-0.2, 0) is 4.79 Å². The van der Waals surface area contributed by atoms with Crippen LogP contribution in [0.5, 0.6) is 5.75 Å². The van der Waals surface area contributed by atoms with Gasteiger partial charge in [0.15, 0.2) is 17.5 Å². The number of H-pyrrole nitrogens is 1. The van der Waals surface area contributed by atoms with Crippen molar-refractivity contribution in [2.24, 2.45) is 0 Å². The topological polar surface area (TPSA) is 86.5 Å². The molecule has 0 radical (unpaired) electrons. The van der Waals surface area contributed by atoms with Crippen LogP contribution in [0, 0.1) is 5.82 Å². The number of halogens is 1. The predicted octanol–water partition coefficient (Wildman–Crippen LogP) is 1.26. The molecule has 22 heavy (non-hydrogen) atoms. The highest BCUT2D eigenvalue weighted by molar-refractivity contribution is 6.19. The number of amides is 2. The van der Waals surface area contributed by atoms with Crippen LogP contribution in [0.2, 0.25) is 0 Å². The standard InChI is InChI=1S/C14H8FN3O4/c15-7-1-3-8(4-2-7)22-14(21)18-10-9-5-16-6-17(9)11(12(10)19)13(18)20/h1-6,10H,(H,19,20)/p+1. The van der Waals surface area contributed by atoms with E-state index in [2.05, 4.69) is 4.98 Å². The Morgan fingerprint density at radius 3 is 2.82 bits per heavy atom. The quantitative estimate of drug-likeness (QED) is 0.777. The molecule has 1 aromatic heterocycles. The van der Waals surface area contributed by atoms with Gasteiger partial charge in [-0.15, -0.1) is 0 Å². The van der Waals surface area contributed by atoms with Crippen molar-refractivity contribution in [1.29, 1.82) is 0 Å². The third kappa shape index (κ3) is 1.51. The number of carbonyl (C=O) groups excluding carboxylic acids is 2. The van der Waals surface area contributed by atoms with Crippen LogP contribution in [0.3, 0.4) is 0 Å². The molecule has 0 fully saturated rings. The van der Waals surface area contributed by atoms with Gasteiger partial charge in [0.2, 0.25) is 12.0 Å². The SMILES string of the molecule is O=C(Oc1ccc(F)cc1)N1C(=O)C2=C(O)C1c1c[nH]c[n+]12. The second-order valence-corrected chi connectivity index (χ2v) is 4.87. The van der Waals surface area contributed by atoms with Crippen LogP contribution in [0.15, 0.2) is 42.5 Å². The van der Waals surface area contributed by atoms with Crippen molar-refractivity contribution < 1.29 is 28.4 Å². The van der Waals surface area contributed by atoms with E-state index in [0.29, 0.717) is 5.69 Å². The highest BCUT2D eigenvalue weighted by atomic mass is 19.1. The number of rotatable bonds is 1. The molecule has 110 valence electrons. The number of aliphatic hydroxyl groups is 1. The smallest absolute Gasteiger partial charge is 0.423 e. The zero-order chi connectivity index (χ0) is 15.4. The second kappa shape index (κ2) is 4.17. The van der Waals surface area contributed by atoms with Gasteiger partial charge in [-0.2, -0.15) is 4.57 Å². The predicted molar refractivity (Wildman–Crippen MR) is 68.8 cm³/mol. The first-order valence-electron chi connectivity index (χ1n) is 6.40. The molecular weight excluding hydrogens is 293 g/mol. The lowest BCUT2D eigenvalue weighted by atomic mass is 10.2. The Hall–Kier alpha value is -3.16. The molecule has 2 aliphatic heterocycles. The van der Waals surface area contributed by atoms with Gasteiger partial charge in [0.25, 0.3) is 0 Å². The molecule has 2 amide bonds. The molecule has 0 saturated carbocycles. The molecular formula is C14H9FN3O4+. The van der Waals surface area contributed by atoms with Crippen LogP contribution in [0.25, 0.3) is 5.70 Å². The van der Waals surface area contributed by atoms with Gasteiger partial charge in [0.05, 0.1) is 0 Å². The Balaban J connectivity index is 1.64. The number of nitrogens with one attached hydrogen (secondary N) is 1. The van der Waals surface area contributed by atoms with E-state index in [-0.39, 0.29) is 17.2 Å². The number of aromatic amines is 1. The molecule has 1 atom stereocenters. The molecule has 0 saturated heterocycles. The van der Waals surface area contributed by atoms with Gasteiger partial charge in [-0.25, -0.2) is 19.1 Å². The van der Waals surface area contributed by atoms with E-state index in [1.807, 2.05) is 0 Å². The van der Waals surface area contributed by atoms with Crippen molar-refractivity contribution >= 4 is 17.7 Å². The van der Waals surface area contributed by atoms with E-state index >= 15 is 0 Å². The average Bonchev–Trinajstić information content (AvgIpc) is 3.11. The fourth-order valence-electron chi connectivity index (χ4n) is 2.68. The van der Waals surface area contributed by atoms with Crippen LogP contribution < -0.4 is 9.30 Å². The highest BCUT2D eigenvalue weighted by Crippen LogP contribution is 2.40. The minimum Gasteiger partial charge on any atom is -0.506 e. The summed E-state index contributed by atoms with van der Waals surface area (Å²) >= 11 is 0. The molecule has 2 bridgehead atoms. The van der Waals surface area contributed by atoms with Crippen molar-refractivity contribution in [1.82, 2.24) is 9.88 Å². The molecule has 1 aromatic carbocycles. The maximum Gasteiger partial charge on any atom is 0.423 e. The number of imide groups is 1. The lowest BCUT2D eigenvalue weighted by Gasteiger charge is -2.22. The zero-order valence-corrected chi connectivity index (χ0v) is 11.0.